The minimum atomic E-state index is -0.427. The summed E-state index contributed by atoms with van der Waals surface area (Å²) in [5, 5.41) is 12.6. The molecule has 2 atom stereocenters. The van der Waals surface area contributed by atoms with Gasteiger partial charge in [0, 0.05) is 25.1 Å². The van der Waals surface area contributed by atoms with E-state index >= 15 is 0 Å². The number of hydrogen-bond donors (Lipinski definition) is 2. The summed E-state index contributed by atoms with van der Waals surface area (Å²) in [6.07, 6.45) is 3.66. The summed E-state index contributed by atoms with van der Waals surface area (Å²) < 4.78 is 19.2. The maximum Gasteiger partial charge on any atom is 0.321 e. The molecule has 1 aromatic carbocycles. The quantitative estimate of drug-likeness (QED) is 0.868. The van der Waals surface area contributed by atoms with Crippen LogP contribution in [-0.2, 0) is 0 Å². The number of piperidine rings is 1. The lowest BCUT2D eigenvalue weighted by Gasteiger charge is -2.34. The lowest BCUT2D eigenvalue weighted by atomic mass is 9.94. The number of hydrogen-bond acceptors (Lipinski definition) is 3. The highest BCUT2D eigenvalue weighted by atomic mass is 19.1. The van der Waals surface area contributed by atoms with E-state index < -0.39 is 6.10 Å². The molecule has 1 heterocycles. The molecule has 2 unspecified atom stereocenters. The fourth-order valence-corrected chi connectivity index (χ4v) is 2.99. The number of anilines is 1. The number of nitrogens with one attached hydrogen (secondary N) is 1. The van der Waals surface area contributed by atoms with Crippen LogP contribution in [0.5, 0.6) is 5.75 Å². The monoisotopic (exact) mass is 336 g/mol. The van der Waals surface area contributed by atoms with Crippen LogP contribution in [0.1, 0.15) is 32.6 Å². The molecule has 1 aromatic rings. The highest BCUT2D eigenvalue weighted by Crippen LogP contribution is 2.32. The van der Waals surface area contributed by atoms with Crippen molar-refractivity contribution in [3.63, 3.8) is 0 Å². The highest BCUT2D eigenvalue weighted by molar-refractivity contribution is 5.91. The molecular weight excluding hydrogens is 311 g/mol. The minimum Gasteiger partial charge on any atom is -0.491 e. The summed E-state index contributed by atoms with van der Waals surface area (Å²) >= 11 is 0. The summed E-state index contributed by atoms with van der Waals surface area (Å²) in [6.45, 7) is 3.51. The molecule has 24 heavy (non-hydrogen) atoms. The Balaban J connectivity index is 1.64. The van der Waals surface area contributed by atoms with Crippen molar-refractivity contribution in [2.45, 2.75) is 38.7 Å². The second-order valence-corrected chi connectivity index (χ2v) is 6.91. The van der Waals surface area contributed by atoms with E-state index in [0.717, 1.165) is 25.7 Å². The molecule has 0 aromatic heterocycles. The van der Waals surface area contributed by atoms with Crippen LogP contribution in [0.15, 0.2) is 18.2 Å². The first-order chi connectivity index (χ1) is 11.5. The van der Waals surface area contributed by atoms with Gasteiger partial charge < -0.3 is 20.1 Å². The molecule has 0 spiro atoms. The van der Waals surface area contributed by atoms with Gasteiger partial charge in [0.05, 0.1) is 18.4 Å². The number of ether oxygens (including phenoxy) is 1. The number of carbonyl (C=O) groups is 1. The Kier molecular flexibility index (Phi) is 5.23. The van der Waals surface area contributed by atoms with E-state index in [-0.39, 0.29) is 17.8 Å². The van der Waals surface area contributed by atoms with Gasteiger partial charge in [0.15, 0.2) is 0 Å². The number of benzene rings is 1. The van der Waals surface area contributed by atoms with Gasteiger partial charge in [0.25, 0.3) is 0 Å². The molecule has 1 aliphatic heterocycles. The third-order valence-electron chi connectivity index (χ3n) is 4.78. The van der Waals surface area contributed by atoms with Gasteiger partial charge in [-0.15, -0.1) is 0 Å². The average molecular weight is 336 g/mol. The van der Waals surface area contributed by atoms with E-state index in [0.29, 0.717) is 37.1 Å². The molecule has 0 bridgehead atoms. The molecule has 1 saturated heterocycles. The van der Waals surface area contributed by atoms with Crippen LogP contribution in [0.4, 0.5) is 14.9 Å². The molecule has 1 aliphatic carbocycles. The van der Waals surface area contributed by atoms with Gasteiger partial charge in [0.2, 0.25) is 0 Å². The molecule has 0 radical (unpaired) electrons. The molecular formula is C18H25FN2O3. The topological polar surface area (TPSA) is 61.8 Å². The standard InChI is InChI=1S/C18H25FN2O3/c1-12(22)14-3-2-8-21(10-14)18(23)20-16-7-6-15(19)9-17(16)24-11-13-4-5-13/h6-7,9,12-14,22H,2-5,8,10-11H2,1H3,(H,20,23). The van der Waals surface area contributed by atoms with Crippen LogP contribution in [0.3, 0.4) is 0 Å². The van der Waals surface area contributed by atoms with E-state index in [1.54, 1.807) is 11.8 Å². The van der Waals surface area contributed by atoms with Crippen molar-refractivity contribution >= 4 is 11.7 Å². The van der Waals surface area contributed by atoms with Crippen molar-refractivity contribution in [1.82, 2.24) is 4.90 Å². The number of urea groups is 1. The van der Waals surface area contributed by atoms with Crippen LogP contribution in [0.25, 0.3) is 0 Å². The van der Waals surface area contributed by atoms with Gasteiger partial charge in [-0.1, -0.05) is 0 Å². The van der Waals surface area contributed by atoms with Crippen LogP contribution in [0, 0.1) is 17.7 Å². The number of nitrogens with zero attached hydrogens (tertiary/aromatic N) is 1. The first-order valence-corrected chi connectivity index (χ1v) is 8.69. The summed E-state index contributed by atoms with van der Waals surface area (Å²) in [5.74, 6) is 0.638. The zero-order valence-corrected chi connectivity index (χ0v) is 14.0. The molecule has 2 fully saturated rings. The smallest absolute Gasteiger partial charge is 0.321 e. The van der Waals surface area contributed by atoms with Gasteiger partial charge >= 0.3 is 6.03 Å². The molecule has 5 nitrogen and oxygen atoms in total. The highest BCUT2D eigenvalue weighted by Gasteiger charge is 2.27. The number of aliphatic hydroxyl groups excluding tert-OH is 1. The first-order valence-electron chi connectivity index (χ1n) is 8.69. The van der Waals surface area contributed by atoms with E-state index in [2.05, 4.69) is 5.32 Å². The summed E-state index contributed by atoms with van der Waals surface area (Å²) in [4.78, 5) is 14.2. The van der Waals surface area contributed by atoms with Crippen molar-refractivity contribution in [2.75, 3.05) is 25.0 Å². The third-order valence-corrected chi connectivity index (χ3v) is 4.78. The fourth-order valence-electron chi connectivity index (χ4n) is 2.99. The van der Waals surface area contributed by atoms with Crippen molar-refractivity contribution in [1.29, 1.82) is 0 Å². The summed E-state index contributed by atoms with van der Waals surface area (Å²) in [6, 6.07) is 3.93. The largest absolute Gasteiger partial charge is 0.491 e. The Hall–Kier alpha value is -1.82. The molecule has 2 aliphatic rings. The lowest BCUT2D eigenvalue weighted by molar-refractivity contribution is 0.0766. The van der Waals surface area contributed by atoms with Gasteiger partial charge in [-0.2, -0.15) is 0 Å². The van der Waals surface area contributed by atoms with Gasteiger partial charge in [-0.25, -0.2) is 9.18 Å². The Morgan fingerprint density at radius 2 is 2.25 bits per heavy atom. The molecule has 6 heteroatoms. The molecule has 2 amide bonds. The normalized spacial score (nSPS) is 22.1. The number of likely N-dealkylation sites (tertiary alicyclic amines) is 1. The number of rotatable bonds is 5. The Morgan fingerprint density at radius 1 is 1.46 bits per heavy atom. The van der Waals surface area contributed by atoms with Crippen molar-refractivity contribution < 1.29 is 19.0 Å². The minimum absolute atomic E-state index is 0.100. The number of carbonyl (C=O) groups excluding carboxylic acids is 1. The molecule has 1 saturated carbocycles. The van der Waals surface area contributed by atoms with Crippen LogP contribution >= 0.6 is 0 Å². The maximum absolute atomic E-state index is 13.5. The van der Waals surface area contributed by atoms with Gasteiger partial charge in [-0.05, 0) is 50.7 Å². The second-order valence-electron chi connectivity index (χ2n) is 6.91. The SMILES string of the molecule is CC(O)C1CCCN(C(=O)Nc2ccc(F)cc2OCC2CC2)C1. The lowest BCUT2D eigenvalue weighted by Crippen LogP contribution is -2.44. The van der Waals surface area contributed by atoms with Gasteiger partial charge in [0.1, 0.15) is 11.6 Å². The molecule has 2 N–H and O–H groups in total. The number of amides is 2. The predicted octanol–water partition coefficient (Wildman–Crippen LogP) is 3.24. The fraction of sp³-hybridized carbons (Fsp3) is 0.611. The average Bonchev–Trinajstić information content (AvgIpc) is 3.39. The van der Waals surface area contributed by atoms with Crippen LogP contribution in [-0.4, -0.2) is 41.8 Å². The summed E-state index contributed by atoms with van der Waals surface area (Å²) in [7, 11) is 0. The van der Waals surface area contributed by atoms with Crippen LogP contribution < -0.4 is 10.1 Å². The predicted molar refractivity (Wildman–Crippen MR) is 89.6 cm³/mol. The van der Waals surface area contributed by atoms with E-state index in [1.807, 2.05) is 0 Å². The Labute approximate surface area is 141 Å². The van der Waals surface area contributed by atoms with Crippen molar-refractivity contribution in [2.24, 2.45) is 11.8 Å². The van der Waals surface area contributed by atoms with Crippen LogP contribution in [0.2, 0.25) is 0 Å². The third kappa shape index (κ3) is 4.38. The zero-order valence-electron chi connectivity index (χ0n) is 14.0. The van der Waals surface area contributed by atoms with E-state index in [9.17, 15) is 14.3 Å². The molecule has 132 valence electrons. The molecule has 3 rings (SSSR count). The Bertz CT molecular complexity index is 590. The first kappa shape index (κ1) is 17.0. The Morgan fingerprint density at radius 3 is 2.96 bits per heavy atom. The summed E-state index contributed by atoms with van der Waals surface area (Å²) in [5.41, 5.74) is 0.487. The number of halogens is 1. The van der Waals surface area contributed by atoms with E-state index in [4.69, 9.17) is 4.74 Å². The zero-order chi connectivity index (χ0) is 17.1. The van der Waals surface area contributed by atoms with Crippen molar-refractivity contribution in [3.8, 4) is 5.75 Å². The van der Waals surface area contributed by atoms with E-state index in [1.165, 1.54) is 18.2 Å². The number of aliphatic hydroxyl groups is 1. The maximum atomic E-state index is 13.5. The van der Waals surface area contributed by atoms with Crippen molar-refractivity contribution in [3.05, 3.63) is 24.0 Å². The second kappa shape index (κ2) is 7.38. The van der Waals surface area contributed by atoms with Gasteiger partial charge in [-0.3, -0.25) is 0 Å².